The first-order chi connectivity index (χ1) is 13.5. The SMILES string of the molecule is O=C(c1ccc2c(c1)OC(F)(F)O2)N1CCN(C/C=C/c2ccncc2)CC1. The van der Waals surface area contributed by atoms with Gasteiger partial charge in [0, 0.05) is 50.7 Å². The van der Waals surface area contributed by atoms with E-state index in [0.29, 0.717) is 18.7 Å². The lowest BCUT2D eigenvalue weighted by Crippen LogP contribution is -2.48. The number of nitrogens with zero attached hydrogens (tertiary/aromatic N) is 3. The number of halogens is 2. The maximum absolute atomic E-state index is 13.1. The van der Waals surface area contributed by atoms with Gasteiger partial charge < -0.3 is 14.4 Å². The lowest BCUT2D eigenvalue weighted by atomic mass is 10.1. The number of hydrogen-bond acceptors (Lipinski definition) is 5. The van der Waals surface area contributed by atoms with E-state index in [0.717, 1.165) is 25.2 Å². The number of amides is 1. The number of carbonyl (C=O) groups is 1. The zero-order valence-electron chi connectivity index (χ0n) is 15.1. The summed E-state index contributed by atoms with van der Waals surface area (Å²) < 4.78 is 35.0. The summed E-state index contributed by atoms with van der Waals surface area (Å²) in [6.07, 6.45) is 3.95. The number of aromatic nitrogens is 1. The molecule has 2 aliphatic heterocycles. The van der Waals surface area contributed by atoms with Gasteiger partial charge in [-0.1, -0.05) is 12.2 Å². The molecule has 4 rings (SSSR count). The molecule has 0 N–H and O–H groups in total. The number of piperazine rings is 1. The number of benzene rings is 1. The third-order valence-electron chi connectivity index (χ3n) is 4.69. The Morgan fingerprint density at radius 2 is 1.79 bits per heavy atom. The monoisotopic (exact) mass is 387 g/mol. The van der Waals surface area contributed by atoms with Crippen LogP contribution in [0.2, 0.25) is 0 Å². The summed E-state index contributed by atoms with van der Waals surface area (Å²) in [6, 6.07) is 8.00. The van der Waals surface area contributed by atoms with Gasteiger partial charge in [0.15, 0.2) is 11.5 Å². The predicted molar refractivity (Wildman–Crippen MR) is 98.3 cm³/mol. The maximum atomic E-state index is 13.1. The lowest BCUT2D eigenvalue weighted by molar-refractivity contribution is -0.286. The molecular formula is C20H19F2N3O3. The first-order valence-corrected chi connectivity index (χ1v) is 8.98. The Labute approximate surface area is 161 Å². The number of rotatable bonds is 4. The van der Waals surface area contributed by atoms with Crippen molar-refractivity contribution in [3.05, 3.63) is 59.9 Å². The van der Waals surface area contributed by atoms with Crippen LogP contribution in [0.1, 0.15) is 15.9 Å². The summed E-state index contributed by atoms with van der Waals surface area (Å²) in [5.41, 5.74) is 1.41. The summed E-state index contributed by atoms with van der Waals surface area (Å²) in [5.74, 6) is -0.378. The molecule has 146 valence electrons. The quantitative estimate of drug-likeness (QED) is 0.808. The fraction of sp³-hybridized carbons (Fsp3) is 0.300. The van der Waals surface area contributed by atoms with E-state index < -0.39 is 6.29 Å². The molecule has 0 radical (unpaired) electrons. The lowest BCUT2D eigenvalue weighted by Gasteiger charge is -2.34. The maximum Gasteiger partial charge on any atom is 0.586 e. The largest absolute Gasteiger partial charge is 0.586 e. The molecule has 3 heterocycles. The second-order valence-electron chi connectivity index (χ2n) is 6.60. The van der Waals surface area contributed by atoms with Gasteiger partial charge in [-0.05, 0) is 35.9 Å². The van der Waals surface area contributed by atoms with E-state index in [9.17, 15) is 13.6 Å². The molecule has 1 aromatic carbocycles. The second kappa shape index (κ2) is 7.55. The third kappa shape index (κ3) is 4.12. The summed E-state index contributed by atoms with van der Waals surface area (Å²) >= 11 is 0. The Kier molecular flexibility index (Phi) is 4.95. The summed E-state index contributed by atoms with van der Waals surface area (Å²) in [7, 11) is 0. The van der Waals surface area contributed by atoms with Crippen LogP contribution >= 0.6 is 0 Å². The average Bonchev–Trinajstić information content (AvgIpc) is 3.01. The zero-order valence-corrected chi connectivity index (χ0v) is 15.1. The van der Waals surface area contributed by atoms with Gasteiger partial charge in [0.25, 0.3) is 5.91 Å². The van der Waals surface area contributed by atoms with Crippen LogP contribution in [0.4, 0.5) is 8.78 Å². The Bertz CT molecular complexity index is 882. The van der Waals surface area contributed by atoms with E-state index >= 15 is 0 Å². The van der Waals surface area contributed by atoms with Crippen molar-refractivity contribution in [3.8, 4) is 11.5 Å². The molecule has 0 atom stereocenters. The number of pyridine rings is 1. The van der Waals surface area contributed by atoms with E-state index in [1.807, 2.05) is 18.2 Å². The van der Waals surface area contributed by atoms with E-state index in [-0.39, 0.29) is 17.4 Å². The molecule has 1 fully saturated rings. The molecule has 0 unspecified atom stereocenters. The minimum Gasteiger partial charge on any atom is -0.395 e. The van der Waals surface area contributed by atoms with Gasteiger partial charge in [-0.3, -0.25) is 14.7 Å². The van der Waals surface area contributed by atoms with Crippen molar-refractivity contribution in [1.29, 1.82) is 0 Å². The van der Waals surface area contributed by atoms with Crippen molar-refractivity contribution in [2.45, 2.75) is 6.29 Å². The number of fused-ring (bicyclic) bond motifs is 1. The van der Waals surface area contributed by atoms with Gasteiger partial charge in [0.2, 0.25) is 0 Å². The van der Waals surface area contributed by atoms with Crippen LogP contribution in [-0.2, 0) is 0 Å². The third-order valence-corrected chi connectivity index (χ3v) is 4.69. The molecule has 0 saturated carbocycles. The van der Waals surface area contributed by atoms with E-state index in [1.165, 1.54) is 18.2 Å². The first-order valence-electron chi connectivity index (χ1n) is 8.98. The molecule has 28 heavy (non-hydrogen) atoms. The minimum absolute atomic E-state index is 0.0626. The van der Waals surface area contributed by atoms with Gasteiger partial charge in [-0.25, -0.2) is 0 Å². The number of alkyl halides is 2. The average molecular weight is 387 g/mol. The molecular weight excluding hydrogens is 368 g/mol. The Morgan fingerprint density at radius 1 is 1.07 bits per heavy atom. The molecule has 0 spiro atoms. The van der Waals surface area contributed by atoms with E-state index in [2.05, 4.69) is 25.4 Å². The standard InChI is InChI=1S/C20H19F2N3O3/c21-20(22)27-17-4-3-16(14-18(17)28-20)19(26)25-12-10-24(11-13-25)9-1-2-15-5-7-23-8-6-15/h1-8,14H,9-13H2/b2-1+. The molecule has 0 aliphatic carbocycles. The molecule has 1 aromatic heterocycles. The summed E-state index contributed by atoms with van der Waals surface area (Å²) in [4.78, 5) is 20.6. The summed E-state index contributed by atoms with van der Waals surface area (Å²) in [6.45, 7) is 3.44. The minimum atomic E-state index is -3.68. The molecule has 2 aliphatic rings. The molecule has 1 amide bonds. The highest BCUT2D eigenvalue weighted by Gasteiger charge is 2.43. The fourth-order valence-electron chi connectivity index (χ4n) is 3.21. The van der Waals surface area contributed by atoms with Crippen LogP contribution in [0.3, 0.4) is 0 Å². The van der Waals surface area contributed by atoms with Gasteiger partial charge >= 0.3 is 6.29 Å². The van der Waals surface area contributed by atoms with Crippen molar-refractivity contribution in [3.63, 3.8) is 0 Å². The molecule has 2 aromatic rings. The number of ether oxygens (including phenoxy) is 2. The van der Waals surface area contributed by atoms with Gasteiger partial charge in [0.1, 0.15) is 0 Å². The highest BCUT2D eigenvalue weighted by Crippen LogP contribution is 2.41. The van der Waals surface area contributed by atoms with Crippen LogP contribution in [0.5, 0.6) is 11.5 Å². The van der Waals surface area contributed by atoms with Crippen molar-refractivity contribution < 1.29 is 23.0 Å². The molecule has 6 nitrogen and oxygen atoms in total. The van der Waals surface area contributed by atoms with E-state index in [1.54, 1.807) is 17.3 Å². The Balaban J connectivity index is 1.30. The van der Waals surface area contributed by atoms with Crippen LogP contribution in [-0.4, -0.2) is 59.7 Å². The fourth-order valence-corrected chi connectivity index (χ4v) is 3.21. The normalized spacial score (nSPS) is 18.6. The van der Waals surface area contributed by atoms with Gasteiger partial charge in [-0.15, -0.1) is 8.78 Å². The van der Waals surface area contributed by atoms with Crippen molar-refractivity contribution in [2.75, 3.05) is 32.7 Å². The second-order valence-corrected chi connectivity index (χ2v) is 6.60. The van der Waals surface area contributed by atoms with Crippen molar-refractivity contribution >= 4 is 12.0 Å². The highest BCUT2D eigenvalue weighted by atomic mass is 19.3. The Morgan fingerprint density at radius 3 is 2.54 bits per heavy atom. The van der Waals surface area contributed by atoms with Crippen molar-refractivity contribution in [2.24, 2.45) is 0 Å². The van der Waals surface area contributed by atoms with Crippen LogP contribution in [0.25, 0.3) is 6.08 Å². The highest BCUT2D eigenvalue weighted by molar-refractivity contribution is 5.95. The molecule has 8 heteroatoms. The van der Waals surface area contributed by atoms with Gasteiger partial charge in [0.05, 0.1) is 0 Å². The molecule has 0 bridgehead atoms. The summed E-state index contributed by atoms with van der Waals surface area (Å²) in [5, 5.41) is 0. The Hall–Kier alpha value is -3.00. The first kappa shape index (κ1) is 18.4. The number of carbonyl (C=O) groups excluding carboxylic acids is 1. The molecule has 1 saturated heterocycles. The number of hydrogen-bond donors (Lipinski definition) is 0. The predicted octanol–water partition coefficient (Wildman–Crippen LogP) is 2.87. The zero-order chi connectivity index (χ0) is 19.6. The smallest absolute Gasteiger partial charge is 0.395 e. The van der Waals surface area contributed by atoms with Crippen LogP contribution in [0.15, 0.2) is 48.8 Å². The van der Waals surface area contributed by atoms with E-state index in [4.69, 9.17) is 0 Å². The topological polar surface area (TPSA) is 54.9 Å². The van der Waals surface area contributed by atoms with Crippen molar-refractivity contribution in [1.82, 2.24) is 14.8 Å². The van der Waals surface area contributed by atoms with Gasteiger partial charge in [-0.2, -0.15) is 0 Å². The van der Waals surface area contributed by atoms with Crippen LogP contribution < -0.4 is 9.47 Å². The van der Waals surface area contributed by atoms with Crippen LogP contribution in [0, 0.1) is 0 Å².